The summed E-state index contributed by atoms with van der Waals surface area (Å²) in [6.45, 7) is 1.80. The number of aromatic nitrogens is 1. The van der Waals surface area contributed by atoms with Crippen LogP contribution in [0.4, 0.5) is 0 Å². The fourth-order valence-corrected chi connectivity index (χ4v) is 1.47. The first-order valence-electron chi connectivity index (χ1n) is 5.18. The van der Waals surface area contributed by atoms with E-state index in [9.17, 15) is 9.59 Å². The number of carboxylic acids is 1. The fourth-order valence-electron chi connectivity index (χ4n) is 1.30. The Morgan fingerprint density at radius 1 is 1.53 bits per heavy atom. The number of carboxylic acid groups (broad SMARTS) is 1. The van der Waals surface area contributed by atoms with Gasteiger partial charge in [0.25, 0.3) is 5.91 Å². The van der Waals surface area contributed by atoms with Crippen molar-refractivity contribution in [3.63, 3.8) is 0 Å². The molecule has 1 atom stereocenters. The Labute approximate surface area is 104 Å². The number of rotatable bonds is 5. The van der Waals surface area contributed by atoms with Gasteiger partial charge in [0.15, 0.2) is 0 Å². The predicted octanol–water partition coefficient (Wildman–Crippen LogP) is 1.72. The molecule has 0 aliphatic rings. The molecule has 1 aromatic rings. The lowest BCUT2D eigenvalue weighted by atomic mass is 10.1. The number of aliphatic carboxylic acids is 1. The van der Waals surface area contributed by atoms with E-state index in [0.29, 0.717) is 6.42 Å². The molecule has 0 aromatic carbocycles. The SMILES string of the molecule is CCC(CC(=O)O)NC(=O)c1cccc(Cl)n1. The zero-order chi connectivity index (χ0) is 12.8. The van der Waals surface area contributed by atoms with Crippen molar-refractivity contribution in [2.24, 2.45) is 0 Å². The molecule has 6 heteroatoms. The Kier molecular flexibility index (Phi) is 4.90. The van der Waals surface area contributed by atoms with Crippen LogP contribution in [0.1, 0.15) is 30.3 Å². The maximum absolute atomic E-state index is 11.7. The molecule has 2 N–H and O–H groups in total. The lowest BCUT2D eigenvalue weighted by Crippen LogP contribution is -2.36. The largest absolute Gasteiger partial charge is 0.481 e. The van der Waals surface area contributed by atoms with Gasteiger partial charge in [-0.1, -0.05) is 24.6 Å². The normalized spacial score (nSPS) is 11.9. The summed E-state index contributed by atoms with van der Waals surface area (Å²) in [4.78, 5) is 26.1. The summed E-state index contributed by atoms with van der Waals surface area (Å²) in [7, 11) is 0. The van der Waals surface area contributed by atoms with Crippen LogP contribution < -0.4 is 5.32 Å². The summed E-state index contributed by atoms with van der Waals surface area (Å²) in [5.41, 5.74) is 0.182. The Balaban J connectivity index is 2.67. The molecule has 1 aromatic heterocycles. The smallest absolute Gasteiger partial charge is 0.305 e. The summed E-state index contributed by atoms with van der Waals surface area (Å²) >= 11 is 5.66. The van der Waals surface area contributed by atoms with E-state index in [2.05, 4.69) is 10.3 Å². The van der Waals surface area contributed by atoms with Crippen LogP contribution in [0.15, 0.2) is 18.2 Å². The highest BCUT2D eigenvalue weighted by atomic mass is 35.5. The number of nitrogens with one attached hydrogen (secondary N) is 1. The molecule has 0 radical (unpaired) electrons. The minimum atomic E-state index is -0.948. The van der Waals surface area contributed by atoms with Crippen molar-refractivity contribution in [3.05, 3.63) is 29.0 Å². The lowest BCUT2D eigenvalue weighted by Gasteiger charge is -2.14. The van der Waals surface area contributed by atoms with E-state index < -0.39 is 17.9 Å². The zero-order valence-electron chi connectivity index (χ0n) is 9.31. The fraction of sp³-hybridized carbons (Fsp3) is 0.364. The molecule has 0 aliphatic carbocycles. The van der Waals surface area contributed by atoms with Gasteiger partial charge in [-0.15, -0.1) is 0 Å². The van der Waals surface area contributed by atoms with Gasteiger partial charge in [-0.3, -0.25) is 9.59 Å². The highest BCUT2D eigenvalue weighted by Gasteiger charge is 2.16. The first-order chi connectivity index (χ1) is 8.02. The molecule has 0 saturated heterocycles. The molecule has 0 aliphatic heterocycles. The number of pyridine rings is 1. The predicted molar refractivity (Wildman–Crippen MR) is 63.0 cm³/mol. The second-order valence-electron chi connectivity index (χ2n) is 3.52. The molecular formula is C11H13ClN2O3. The average Bonchev–Trinajstić information content (AvgIpc) is 2.27. The van der Waals surface area contributed by atoms with E-state index in [0.717, 1.165) is 0 Å². The van der Waals surface area contributed by atoms with Crippen LogP contribution in [0.2, 0.25) is 5.15 Å². The monoisotopic (exact) mass is 256 g/mol. The second kappa shape index (κ2) is 6.20. The summed E-state index contributed by atoms with van der Waals surface area (Å²) in [5.74, 6) is -1.36. The van der Waals surface area contributed by atoms with Gasteiger partial charge in [-0.05, 0) is 18.6 Å². The maximum Gasteiger partial charge on any atom is 0.305 e. The topological polar surface area (TPSA) is 79.3 Å². The summed E-state index contributed by atoms with van der Waals surface area (Å²) < 4.78 is 0. The summed E-state index contributed by atoms with van der Waals surface area (Å²) in [6, 6.07) is 4.30. The van der Waals surface area contributed by atoms with Crippen LogP contribution in [0, 0.1) is 0 Å². The molecule has 17 heavy (non-hydrogen) atoms. The molecular weight excluding hydrogens is 244 g/mol. The molecule has 1 amide bonds. The van der Waals surface area contributed by atoms with Crippen LogP contribution >= 0.6 is 11.6 Å². The molecule has 0 bridgehead atoms. The van der Waals surface area contributed by atoms with Gasteiger partial charge in [-0.25, -0.2) is 4.98 Å². The Morgan fingerprint density at radius 2 is 2.24 bits per heavy atom. The van der Waals surface area contributed by atoms with E-state index in [1.165, 1.54) is 6.07 Å². The van der Waals surface area contributed by atoms with Crippen molar-refractivity contribution in [1.29, 1.82) is 0 Å². The molecule has 0 saturated carbocycles. The number of hydrogen-bond acceptors (Lipinski definition) is 3. The van der Waals surface area contributed by atoms with Gasteiger partial charge >= 0.3 is 5.97 Å². The van der Waals surface area contributed by atoms with Crippen molar-refractivity contribution in [3.8, 4) is 0 Å². The third kappa shape index (κ3) is 4.40. The summed E-state index contributed by atoms with van der Waals surface area (Å²) in [5, 5.41) is 11.5. The molecule has 0 spiro atoms. The quantitative estimate of drug-likeness (QED) is 0.786. The van der Waals surface area contributed by atoms with Gasteiger partial charge in [0.05, 0.1) is 6.42 Å². The second-order valence-corrected chi connectivity index (χ2v) is 3.91. The number of hydrogen-bond donors (Lipinski definition) is 2. The minimum Gasteiger partial charge on any atom is -0.481 e. The van der Waals surface area contributed by atoms with E-state index in [1.54, 1.807) is 19.1 Å². The number of carbonyl (C=O) groups excluding carboxylic acids is 1. The molecule has 0 fully saturated rings. The number of amides is 1. The maximum atomic E-state index is 11.7. The van der Waals surface area contributed by atoms with Crippen molar-refractivity contribution >= 4 is 23.5 Å². The van der Waals surface area contributed by atoms with Crippen LogP contribution in [0.5, 0.6) is 0 Å². The van der Waals surface area contributed by atoms with Gasteiger partial charge in [-0.2, -0.15) is 0 Å². The van der Waals surface area contributed by atoms with Gasteiger partial charge in [0.1, 0.15) is 10.8 Å². The summed E-state index contributed by atoms with van der Waals surface area (Å²) in [6.07, 6.45) is 0.432. The van der Waals surface area contributed by atoms with Crippen LogP contribution in [-0.4, -0.2) is 28.0 Å². The Hall–Kier alpha value is -1.62. The molecule has 92 valence electrons. The number of halogens is 1. The van der Waals surface area contributed by atoms with Crippen molar-refractivity contribution in [2.75, 3.05) is 0 Å². The van der Waals surface area contributed by atoms with E-state index >= 15 is 0 Å². The van der Waals surface area contributed by atoms with Crippen molar-refractivity contribution in [2.45, 2.75) is 25.8 Å². The Bertz CT molecular complexity index is 423. The van der Waals surface area contributed by atoms with Gasteiger partial charge < -0.3 is 10.4 Å². The van der Waals surface area contributed by atoms with Crippen molar-refractivity contribution < 1.29 is 14.7 Å². The van der Waals surface area contributed by atoms with Gasteiger partial charge in [0.2, 0.25) is 0 Å². The number of nitrogens with zero attached hydrogens (tertiary/aromatic N) is 1. The third-order valence-corrected chi connectivity index (χ3v) is 2.41. The minimum absolute atomic E-state index is 0.108. The van der Waals surface area contributed by atoms with Crippen LogP contribution in [-0.2, 0) is 4.79 Å². The lowest BCUT2D eigenvalue weighted by molar-refractivity contribution is -0.137. The molecule has 5 nitrogen and oxygen atoms in total. The molecule has 1 rings (SSSR count). The van der Waals surface area contributed by atoms with Crippen LogP contribution in [0.3, 0.4) is 0 Å². The highest BCUT2D eigenvalue weighted by molar-refractivity contribution is 6.29. The van der Waals surface area contributed by atoms with Crippen LogP contribution in [0.25, 0.3) is 0 Å². The first-order valence-corrected chi connectivity index (χ1v) is 5.56. The van der Waals surface area contributed by atoms with E-state index in [4.69, 9.17) is 16.7 Å². The third-order valence-electron chi connectivity index (χ3n) is 2.20. The van der Waals surface area contributed by atoms with E-state index in [-0.39, 0.29) is 17.3 Å². The van der Waals surface area contributed by atoms with Crippen molar-refractivity contribution in [1.82, 2.24) is 10.3 Å². The highest BCUT2D eigenvalue weighted by Crippen LogP contribution is 2.06. The Morgan fingerprint density at radius 3 is 2.76 bits per heavy atom. The molecule has 1 heterocycles. The van der Waals surface area contributed by atoms with Gasteiger partial charge in [0, 0.05) is 6.04 Å². The number of carbonyl (C=O) groups is 2. The first kappa shape index (κ1) is 13.4. The zero-order valence-corrected chi connectivity index (χ0v) is 10.1. The average molecular weight is 257 g/mol. The standard InChI is InChI=1S/C11H13ClN2O3/c1-2-7(6-10(15)16)13-11(17)8-4-3-5-9(12)14-8/h3-5,7H,2,6H2,1H3,(H,13,17)(H,15,16). The molecule has 1 unspecified atom stereocenters. The van der Waals surface area contributed by atoms with E-state index in [1.807, 2.05) is 0 Å².